The van der Waals surface area contributed by atoms with E-state index in [1.807, 2.05) is 20.8 Å². The molecular weight excluding hydrogens is 260 g/mol. The number of aryl methyl sites for hydroxylation is 1. The average Bonchev–Trinajstić information content (AvgIpc) is 2.81. The molecule has 98 valence electrons. The first-order valence-corrected chi connectivity index (χ1v) is 5.92. The zero-order chi connectivity index (χ0) is 13.7. The molecule has 3 nitrogen and oxygen atoms in total. The van der Waals surface area contributed by atoms with Crippen LogP contribution in [0.2, 0.25) is 5.02 Å². The van der Waals surface area contributed by atoms with Crippen molar-refractivity contribution in [2.24, 2.45) is 0 Å². The lowest BCUT2D eigenvalue weighted by molar-refractivity contribution is 0.146. The van der Waals surface area contributed by atoms with Crippen LogP contribution in [0.4, 0.5) is 8.78 Å². The van der Waals surface area contributed by atoms with Crippen molar-refractivity contribution in [1.82, 2.24) is 15.0 Å². The predicted molar refractivity (Wildman–Crippen MR) is 67.4 cm³/mol. The fraction of sp³-hybridized carbons (Fsp3) is 0.333. The molecule has 1 heterocycles. The minimum atomic E-state index is -2.61. The molecule has 2 rings (SSSR count). The molecule has 0 fully saturated rings. The zero-order valence-corrected chi connectivity index (χ0v) is 11.1. The molecule has 2 aromatic rings. The first kappa shape index (κ1) is 14.6. The number of hydrogen-bond acceptors (Lipinski definition) is 2. The van der Waals surface area contributed by atoms with Gasteiger partial charge in [-0.05, 0) is 30.7 Å². The Labute approximate surface area is 109 Å². The Kier molecular flexibility index (Phi) is 5.22. The smallest absolute Gasteiger partial charge is 0.220 e. The molecule has 1 aromatic heterocycles. The van der Waals surface area contributed by atoms with Crippen molar-refractivity contribution >= 4 is 11.6 Å². The van der Waals surface area contributed by atoms with Gasteiger partial charge in [0.25, 0.3) is 6.43 Å². The summed E-state index contributed by atoms with van der Waals surface area (Å²) < 4.78 is 26.0. The normalized spacial score (nSPS) is 10.2. The summed E-state index contributed by atoms with van der Waals surface area (Å²) in [5.41, 5.74) is 1.19. The molecular formula is C12H14ClF2N3. The van der Waals surface area contributed by atoms with Crippen LogP contribution in [0, 0.1) is 6.92 Å². The van der Waals surface area contributed by atoms with E-state index in [1.165, 1.54) is 10.9 Å². The number of rotatable bonds is 2. The minimum Gasteiger partial charge on any atom is -0.220 e. The molecule has 0 aliphatic heterocycles. The van der Waals surface area contributed by atoms with E-state index in [1.54, 1.807) is 18.2 Å². The van der Waals surface area contributed by atoms with Crippen LogP contribution in [0.1, 0.15) is 31.5 Å². The fourth-order valence-corrected chi connectivity index (χ4v) is 1.60. The zero-order valence-electron chi connectivity index (χ0n) is 10.4. The molecule has 1 aromatic carbocycles. The van der Waals surface area contributed by atoms with Gasteiger partial charge in [-0.3, -0.25) is 0 Å². The van der Waals surface area contributed by atoms with Crippen molar-refractivity contribution in [1.29, 1.82) is 0 Å². The summed E-state index contributed by atoms with van der Waals surface area (Å²) in [5, 5.41) is 7.62. The van der Waals surface area contributed by atoms with Crippen LogP contribution in [-0.4, -0.2) is 15.0 Å². The summed E-state index contributed by atoms with van der Waals surface area (Å²) in [5.74, 6) is 0. The Hall–Kier alpha value is -1.49. The number of hydrogen-bond donors (Lipinski definition) is 0. The van der Waals surface area contributed by atoms with Crippen LogP contribution >= 0.6 is 11.6 Å². The van der Waals surface area contributed by atoms with Gasteiger partial charge in [-0.25, -0.2) is 13.5 Å². The highest BCUT2D eigenvalue weighted by Gasteiger charge is 2.13. The van der Waals surface area contributed by atoms with Gasteiger partial charge in [0.05, 0.1) is 11.9 Å². The Bertz CT molecular complexity index is 512. The summed E-state index contributed by atoms with van der Waals surface area (Å²) in [4.78, 5) is 0. The van der Waals surface area contributed by atoms with E-state index >= 15 is 0 Å². The van der Waals surface area contributed by atoms with Crippen LogP contribution in [0.5, 0.6) is 0 Å². The molecule has 0 spiro atoms. The van der Waals surface area contributed by atoms with Gasteiger partial charge in [-0.1, -0.05) is 30.7 Å². The van der Waals surface area contributed by atoms with E-state index in [0.717, 1.165) is 5.56 Å². The van der Waals surface area contributed by atoms with E-state index in [0.29, 0.717) is 10.7 Å². The van der Waals surface area contributed by atoms with Crippen molar-refractivity contribution in [2.45, 2.75) is 27.2 Å². The molecule has 18 heavy (non-hydrogen) atoms. The van der Waals surface area contributed by atoms with Gasteiger partial charge < -0.3 is 0 Å². The predicted octanol–water partition coefficient (Wildman–Crippen LogP) is 4.19. The maximum Gasteiger partial charge on any atom is 0.283 e. The Morgan fingerprint density at radius 2 is 1.94 bits per heavy atom. The molecule has 0 atom stereocenters. The molecule has 0 aliphatic rings. The number of benzene rings is 1. The van der Waals surface area contributed by atoms with E-state index in [4.69, 9.17) is 11.6 Å². The molecule has 0 bridgehead atoms. The summed E-state index contributed by atoms with van der Waals surface area (Å²) in [6, 6.07) is 5.12. The lowest BCUT2D eigenvalue weighted by Crippen LogP contribution is -1.97. The highest BCUT2D eigenvalue weighted by molar-refractivity contribution is 6.30. The lowest BCUT2D eigenvalue weighted by atomic mass is 10.2. The molecule has 0 saturated heterocycles. The van der Waals surface area contributed by atoms with E-state index < -0.39 is 6.43 Å². The topological polar surface area (TPSA) is 30.7 Å². The quantitative estimate of drug-likeness (QED) is 0.821. The van der Waals surface area contributed by atoms with Gasteiger partial charge in [-0.2, -0.15) is 0 Å². The van der Waals surface area contributed by atoms with Gasteiger partial charge in [0.15, 0.2) is 0 Å². The van der Waals surface area contributed by atoms with Gasteiger partial charge in [0.1, 0.15) is 5.69 Å². The monoisotopic (exact) mass is 273 g/mol. The molecule has 0 unspecified atom stereocenters. The van der Waals surface area contributed by atoms with Crippen LogP contribution in [0.3, 0.4) is 0 Å². The van der Waals surface area contributed by atoms with Gasteiger partial charge in [0.2, 0.25) is 0 Å². The fourth-order valence-electron chi connectivity index (χ4n) is 1.37. The molecule has 6 heteroatoms. The maximum atomic E-state index is 12.3. The molecule has 0 saturated carbocycles. The highest BCUT2D eigenvalue weighted by atomic mass is 35.5. The molecule has 0 aliphatic carbocycles. The Morgan fingerprint density at radius 1 is 1.28 bits per heavy atom. The molecule has 0 N–H and O–H groups in total. The highest BCUT2D eigenvalue weighted by Crippen LogP contribution is 2.20. The number of halogens is 3. The third-order valence-electron chi connectivity index (χ3n) is 2.14. The Balaban J connectivity index is 0.000000771. The second kappa shape index (κ2) is 6.44. The SMILES string of the molecule is CC.Cc1cc(Cl)ccc1-n1cc(C(F)F)nn1. The van der Waals surface area contributed by atoms with Gasteiger partial charge in [0, 0.05) is 5.02 Å². The van der Waals surface area contributed by atoms with E-state index in [-0.39, 0.29) is 5.69 Å². The first-order chi connectivity index (χ1) is 8.58. The second-order valence-electron chi connectivity index (χ2n) is 3.32. The van der Waals surface area contributed by atoms with E-state index in [9.17, 15) is 8.78 Å². The van der Waals surface area contributed by atoms with Crippen LogP contribution in [0.15, 0.2) is 24.4 Å². The number of aromatic nitrogens is 3. The maximum absolute atomic E-state index is 12.3. The van der Waals surface area contributed by atoms with Crippen LogP contribution in [-0.2, 0) is 0 Å². The first-order valence-electron chi connectivity index (χ1n) is 5.55. The van der Waals surface area contributed by atoms with Crippen molar-refractivity contribution in [2.75, 3.05) is 0 Å². The minimum absolute atomic E-state index is 0.339. The van der Waals surface area contributed by atoms with Gasteiger partial charge in [-0.15, -0.1) is 5.10 Å². The van der Waals surface area contributed by atoms with Crippen molar-refractivity contribution in [3.8, 4) is 5.69 Å². The van der Waals surface area contributed by atoms with Crippen LogP contribution in [0.25, 0.3) is 5.69 Å². The molecule has 0 amide bonds. The lowest BCUT2D eigenvalue weighted by Gasteiger charge is -2.04. The average molecular weight is 274 g/mol. The van der Waals surface area contributed by atoms with Crippen molar-refractivity contribution in [3.05, 3.63) is 40.7 Å². The van der Waals surface area contributed by atoms with Gasteiger partial charge >= 0.3 is 0 Å². The second-order valence-corrected chi connectivity index (χ2v) is 3.76. The largest absolute Gasteiger partial charge is 0.283 e. The van der Waals surface area contributed by atoms with Crippen molar-refractivity contribution in [3.63, 3.8) is 0 Å². The summed E-state index contributed by atoms with van der Waals surface area (Å²) in [6.07, 6.45) is -1.40. The number of alkyl halides is 2. The third kappa shape index (κ3) is 3.26. The summed E-state index contributed by atoms with van der Waals surface area (Å²) in [7, 11) is 0. The standard InChI is InChI=1S/C10H8ClF2N3.C2H6/c1-6-4-7(11)2-3-9(6)16-5-8(10(12)13)14-15-16;1-2/h2-5,10H,1H3;1-2H3. The van der Waals surface area contributed by atoms with Crippen LogP contribution < -0.4 is 0 Å². The number of nitrogens with zero attached hydrogens (tertiary/aromatic N) is 3. The third-order valence-corrected chi connectivity index (χ3v) is 2.38. The summed E-state index contributed by atoms with van der Waals surface area (Å²) in [6.45, 7) is 5.82. The van der Waals surface area contributed by atoms with E-state index in [2.05, 4.69) is 10.3 Å². The Morgan fingerprint density at radius 3 is 2.44 bits per heavy atom. The summed E-state index contributed by atoms with van der Waals surface area (Å²) >= 11 is 5.79. The van der Waals surface area contributed by atoms with Crippen molar-refractivity contribution < 1.29 is 8.78 Å². The molecule has 0 radical (unpaired) electrons.